The highest BCUT2D eigenvalue weighted by Crippen LogP contribution is 2.40. The Hall–Kier alpha value is -1.92. The molecule has 0 radical (unpaired) electrons. The molecule has 0 saturated heterocycles. The number of fused-ring (bicyclic) bond motifs is 1. The number of hydrogen-bond acceptors (Lipinski definition) is 3. The molecule has 21 heavy (non-hydrogen) atoms. The molecule has 6 heteroatoms. The quantitative estimate of drug-likeness (QED) is 0.873. The van der Waals surface area contributed by atoms with Crippen LogP contribution in [0.3, 0.4) is 0 Å². The van der Waals surface area contributed by atoms with Gasteiger partial charge in [0.1, 0.15) is 5.82 Å². The van der Waals surface area contributed by atoms with E-state index in [1.165, 1.54) is 12.1 Å². The normalized spacial score (nSPS) is 16.6. The Balaban J connectivity index is 2.02. The van der Waals surface area contributed by atoms with E-state index in [1.54, 1.807) is 24.3 Å². The molecule has 2 aromatic carbocycles. The van der Waals surface area contributed by atoms with E-state index in [9.17, 15) is 14.3 Å². The zero-order valence-corrected chi connectivity index (χ0v) is 12.7. The number of nitrogens with one attached hydrogen (secondary N) is 1. The first-order valence-electron chi connectivity index (χ1n) is 6.29. The van der Waals surface area contributed by atoms with E-state index >= 15 is 0 Å². The van der Waals surface area contributed by atoms with Crippen LogP contribution in [0.2, 0.25) is 0 Å². The van der Waals surface area contributed by atoms with Crippen LogP contribution in [-0.2, 0) is 4.79 Å². The number of nitrogens with zero attached hydrogens (tertiary/aromatic N) is 1. The Morgan fingerprint density at radius 3 is 2.62 bits per heavy atom. The summed E-state index contributed by atoms with van der Waals surface area (Å²) in [4.78, 5) is 13.4. The number of aliphatic hydroxyl groups is 1. The van der Waals surface area contributed by atoms with Crippen LogP contribution in [0.25, 0.3) is 0 Å². The fourth-order valence-corrected chi connectivity index (χ4v) is 2.94. The summed E-state index contributed by atoms with van der Waals surface area (Å²) in [6, 6.07) is 9.60. The molecule has 3 rings (SSSR count). The van der Waals surface area contributed by atoms with Crippen LogP contribution < -0.4 is 10.2 Å². The van der Waals surface area contributed by atoms with Crippen molar-refractivity contribution in [3.63, 3.8) is 0 Å². The van der Waals surface area contributed by atoms with Crippen LogP contribution in [0.4, 0.5) is 21.5 Å². The topological polar surface area (TPSA) is 52.6 Å². The summed E-state index contributed by atoms with van der Waals surface area (Å²) >= 11 is 3.44. The molecule has 2 aromatic rings. The third-order valence-electron chi connectivity index (χ3n) is 3.50. The minimum absolute atomic E-state index is 0.296. The Kier molecular flexibility index (Phi) is 3.43. The SMILES string of the molecule is CN(c1ccc(F)cc1)c1cc2c(cc1Br)C(O)C(=O)N2. The molecular formula is C15H12BrFN2O2. The molecule has 1 atom stereocenters. The molecule has 0 aromatic heterocycles. The number of halogens is 2. The monoisotopic (exact) mass is 350 g/mol. The maximum absolute atomic E-state index is 13.0. The highest BCUT2D eigenvalue weighted by atomic mass is 79.9. The van der Waals surface area contributed by atoms with E-state index in [0.29, 0.717) is 11.3 Å². The van der Waals surface area contributed by atoms with E-state index in [1.807, 2.05) is 11.9 Å². The third kappa shape index (κ3) is 2.41. The lowest BCUT2D eigenvalue weighted by atomic mass is 10.1. The van der Waals surface area contributed by atoms with Gasteiger partial charge in [-0.15, -0.1) is 0 Å². The summed E-state index contributed by atoms with van der Waals surface area (Å²) in [5, 5.41) is 12.4. The van der Waals surface area contributed by atoms with Crippen molar-refractivity contribution in [1.29, 1.82) is 0 Å². The fraction of sp³-hybridized carbons (Fsp3) is 0.133. The zero-order valence-electron chi connectivity index (χ0n) is 11.1. The van der Waals surface area contributed by atoms with E-state index in [4.69, 9.17) is 0 Å². The first-order chi connectivity index (χ1) is 9.97. The number of carbonyl (C=O) groups excluding carboxylic acids is 1. The molecule has 0 bridgehead atoms. The molecule has 0 aliphatic carbocycles. The third-order valence-corrected chi connectivity index (χ3v) is 4.13. The first kappa shape index (κ1) is 14.0. The molecule has 1 amide bonds. The Morgan fingerprint density at radius 1 is 1.29 bits per heavy atom. The molecule has 1 unspecified atom stereocenters. The second kappa shape index (κ2) is 5.13. The van der Waals surface area contributed by atoms with Crippen molar-refractivity contribution in [3.8, 4) is 0 Å². The molecular weight excluding hydrogens is 339 g/mol. The maximum Gasteiger partial charge on any atom is 0.257 e. The van der Waals surface area contributed by atoms with Gasteiger partial charge in [0.05, 0.1) is 5.69 Å². The molecule has 4 nitrogen and oxygen atoms in total. The molecule has 0 fully saturated rings. The average molecular weight is 351 g/mol. The summed E-state index contributed by atoms with van der Waals surface area (Å²) in [6.07, 6.45) is -1.14. The van der Waals surface area contributed by atoms with Crippen molar-refractivity contribution in [2.24, 2.45) is 0 Å². The number of benzene rings is 2. The van der Waals surface area contributed by atoms with Crippen LogP contribution in [-0.4, -0.2) is 18.1 Å². The van der Waals surface area contributed by atoms with Crippen molar-refractivity contribution in [3.05, 3.63) is 52.3 Å². The van der Waals surface area contributed by atoms with Crippen molar-refractivity contribution >= 4 is 38.9 Å². The van der Waals surface area contributed by atoms with Crippen LogP contribution in [0.1, 0.15) is 11.7 Å². The smallest absolute Gasteiger partial charge is 0.257 e. The molecule has 2 N–H and O–H groups in total. The Labute approximate surface area is 129 Å². The Morgan fingerprint density at radius 2 is 1.95 bits per heavy atom. The highest BCUT2D eigenvalue weighted by molar-refractivity contribution is 9.10. The predicted octanol–water partition coefficient (Wildman–Crippen LogP) is 3.34. The number of anilines is 3. The molecule has 0 spiro atoms. The second-order valence-corrected chi connectivity index (χ2v) is 5.67. The molecule has 1 aliphatic heterocycles. The maximum atomic E-state index is 13.0. The molecule has 108 valence electrons. The first-order valence-corrected chi connectivity index (χ1v) is 7.08. The van der Waals surface area contributed by atoms with Crippen LogP contribution >= 0.6 is 15.9 Å². The highest BCUT2D eigenvalue weighted by Gasteiger charge is 2.30. The van der Waals surface area contributed by atoms with E-state index in [2.05, 4.69) is 21.2 Å². The molecule has 1 aliphatic rings. The number of rotatable bonds is 2. The van der Waals surface area contributed by atoms with Gasteiger partial charge in [0.15, 0.2) is 6.10 Å². The van der Waals surface area contributed by atoms with Crippen molar-refractivity contribution in [2.45, 2.75) is 6.10 Å². The number of aliphatic hydroxyl groups excluding tert-OH is 1. The second-order valence-electron chi connectivity index (χ2n) is 4.82. The number of carbonyl (C=O) groups is 1. The number of amides is 1. The van der Waals surface area contributed by atoms with E-state index in [0.717, 1.165) is 15.8 Å². The van der Waals surface area contributed by atoms with Crippen molar-refractivity contribution in [1.82, 2.24) is 0 Å². The van der Waals surface area contributed by atoms with E-state index in [-0.39, 0.29) is 5.82 Å². The predicted molar refractivity (Wildman–Crippen MR) is 82.2 cm³/mol. The van der Waals surface area contributed by atoms with Gasteiger partial charge in [0.25, 0.3) is 5.91 Å². The van der Waals surface area contributed by atoms with Crippen molar-refractivity contribution < 1.29 is 14.3 Å². The summed E-state index contributed by atoms with van der Waals surface area (Å²) in [6.45, 7) is 0. The van der Waals surface area contributed by atoms with Gasteiger partial charge in [-0.3, -0.25) is 4.79 Å². The van der Waals surface area contributed by atoms with Crippen LogP contribution in [0, 0.1) is 5.82 Å². The lowest BCUT2D eigenvalue weighted by Crippen LogP contribution is -2.11. The minimum atomic E-state index is -1.14. The molecule has 1 heterocycles. The fourth-order valence-electron chi connectivity index (χ4n) is 2.31. The Bertz CT molecular complexity index is 718. The van der Waals surface area contributed by atoms with E-state index < -0.39 is 12.0 Å². The lowest BCUT2D eigenvalue weighted by Gasteiger charge is -2.22. The standard InChI is InChI=1S/C15H12BrFN2O2/c1-19(9-4-2-8(17)3-5-9)13-7-12-10(6-11(13)16)14(20)15(21)18-12/h2-7,14,20H,1H3,(H,18,21). The van der Waals surface area contributed by atoms with Crippen molar-refractivity contribution in [2.75, 3.05) is 17.3 Å². The van der Waals surface area contributed by atoms with Gasteiger partial charge < -0.3 is 15.3 Å². The van der Waals surface area contributed by atoms with Gasteiger partial charge in [-0.25, -0.2) is 4.39 Å². The molecule has 0 saturated carbocycles. The largest absolute Gasteiger partial charge is 0.378 e. The van der Waals surface area contributed by atoms with Gasteiger partial charge in [-0.1, -0.05) is 0 Å². The van der Waals surface area contributed by atoms with Gasteiger partial charge in [0.2, 0.25) is 0 Å². The summed E-state index contributed by atoms with van der Waals surface area (Å²) in [5.41, 5.74) is 2.74. The number of hydrogen-bond donors (Lipinski definition) is 2. The van der Waals surface area contributed by atoms with Gasteiger partial charge >= 0.3 is 0 Å². The summed E-state index contributed by atoms with van der Waals surface area (Å²) in [7, 11) is 1.84. The summed E-state index contributed by atoms with van der Waals surface area (Å²) < 4.78 is 13.7. The van der Waals surface area contributed by atoms with Gasteiger partial charge in [0, 0.05) is 28.5 Å². The van der Waals surface area contributed by atoms with Crippen LogP contribution in [0.15, 0.2) is 40.9 Å². The van der Waals surface area contributed by atoms with Crippen LogP contribution in [0.5, 0.6) is 0 Å². The minimum Gasteiger partial charge on any atom is -0.378 e. The van der Waals surface area contributed by atoms with Gasteiger partial charge in [-0.05, 0) is 52.3 Å². The summed E-state index contributed by atoms with van der Waals surface area (Å²) in [5.74, 6) is -0.728. The van der Waals surface area contributed by atoms with Gasteiger partial charge in [-0.2, -0.15) is 0 Å². The lowest BCUT2D eigenvalue weighted by molar-refractivity contribution is -0.123. The average Bonchev–Trinajstić information content (AvgIpc) is 2.73. The zero-order chi connectivity index (χ0) is 15.1.